The summed E-state index contributed by atoms with van der Waals surface area (Å²) < 4.78 is 0. The number of pyridine rings is 1. The zero-order chi connectivity index (χ0) is 8.81. The first kappa shape index (κ1) is 11.9. The number of carboxylic acids is 1. The number of nitrogens with zero attached hydrogens (tertiary/aromatic N) is 1. The quantitative estimate of drug-likeness (QED) is 0.754. The fraction of sp³-hybridized carbons (Fsp3) is 0.250. The Morgan fingerprint density at radius 3 is 2.85 bits per heavy atom. The van der Waals surface area contributed by atoms with Gasteiger partial charge in [0, 0.05) is 12.7 Å². The fourth-order valence-corrected chi connectivity index (χ4v) is 0.800. The highest BCUT2D eigenvalue weighted by Gasteiger charge is 1.95. The van der Waals surface area contributed by atoms with Crippen molar-refractivity contribution < 1.29 is 9.90 Å². The van der Waals surface area contributed by atoms with E-state index in [0.717, 1.165) is 5.69 Å². The number of rotatable bonds is 4. The van der Waals surface area contributed by atoms with E-state index < -0.39 is 5.97 Å². The maximum atomic E-state index is 10.1. The van der Waals surface area contributed by atoms with Gasteiger partial charge in [-0.1, -0.05) is 6.07 Å². The Labute approximate surface area is 82.4 Å². The molecule has 0 aliphatic carbocycles. The minimum Gasteiger partial charge on any atom is -0.480 e. The molecule has 0 aliphatic rings. The highest BCUT2D eigenvalue weighted by Crippen LogP contribution is 1.90. The highest BCUT2D eigenvalue weighted by atomic mass is 35.5. The molecule has 0 saturated heterocycles. The second-order valence-electron chi connectivity index (χ2n) is 2.32. The van der Waals surface area contributed by atoms with E-state index in [1.807, 2.05) is 18.2 Å². The van der Waals surface area contributed by atoms with Crippen LogP contribution in [0.25, 0.3) is 0 Å². The molecule has 0 aromatic carbocycles. The van der Waals surface area contributed by atoms with Crippen LogP contribution in [-0.4, -0.2) is 22.6 Å². The molecule has 0 fully saturated rings. The number of carbonyl (C=O) groups is 1. The molecule has 0 saturated carbocycles. The van der Waals surface area contributed by atoms with Crippen LogP contribution in [0.5, 0.6) is 0 Å². The van der Waals surface area contributed by atoms with Crippen molar-refractivity contribution in [1.82, 2.24) is 10.3 Å². The van der Waals surface area contributed by atoms with Crippen molar-refractivity contribution in [3.05, 3.63) is 30.1 Å². The van der Waals surface area contributed by atoms with Crippen molar-refractivity contribution in [3.63, 3.8) is 0 Å². The van der Waals surface area contributed by atoms with E-state index in [2.05, 4.69) is 10.3 Å². The Hall–Kier alpha value is -1.13. The number of aromatic nitrogens is 1. The summed E-state index contributed by atoms with van der Waals surface area (Å²) >= 11 is 0. The van der Waals surface area contributed by atoms with Crippen LogP contribution in [0.3, 0.4) is 0 Å². The van der Waals surface area contributed by atoms with Crippen LogP contribution in [-0.2, 0) is 11.3 Å². The number of hydrogen-bond acceptors (Lipinski definition) is 3. The van der Waals surface area contributed by atoms with Crippen molar-refractivity contribution in [2.75, 3.05) is 6.54 Å². The summed E-state index contributed by atoms with van der Waals surface area (Å²) in [5.41, 5.74) is 0.846. The van der Waals surface area contributed by atoms with Crippen LogP contribution in [0.4, 0.5) is 0 Å². The summed E-state index contributed by atoms with van der Waals surface area (Å²) in [6.07, 6.45) is 1.68. The Balaban J connectivity index is 0.00000144. The van der Waals surface area contributed by atoms with E-state index in [1.54, 1.807) is 6.20 Å². The van der Waals surface area contributed by atoms with Gasteiger partial charge in [0.25, 0.3) is 0 Å². The lowest BCUT2D eigenvalue weighted by molar-refractivity contribution is -0.135. The lowest BCUT2D eigenvalue weighted by Gasteiger charge is -1.99. The monoisotopic (exact) mass is 202 g/mol. The highest BCUT2D eigenvalue weighted by molar-refractivity contribution is 5.85. The van der Waals surface area contributed by atoms with Crippen molar-refractivity contribution in [3.8, 4) is 0 Å². The molecule has 0 unspecified atom stereocenters. The van der Waals surface area contributed by atoms with Gasteiger partial charge in [-0.25, -0.2) is 0 Å². The standard InChI is InChI=1S/C8H10N2O2.ClH/c11-8(12)6-9-5-7-3-1-2-4-10-7;/h1-4,9H,5-6H2,(H,11,12);1H. The van der Waals surface area contributed by atoms with Gasteiger partial charge >= 0.3 is 5.97 Å². The number of carboxylic acid groups (broad SMARTS) is 1. The first-order valence-electron chi connectivity index (χ1n) is 3.61. The molecule has 2 N–H and O–H groups in total. The second-order valence-corrected chi connectivity index (χ2v) is 2.32. The van der Waals surface area contributed by atoms with E-state index in [9.17, 15) is 4.79 Å². The molecule has 4 nitrogen and oxygen atoms in total. The Morgan fingerprint density at radius 2 is 2.31 bits per heavy atom. The van der Waals surface area contributed by atoms with Crippen LogP contribution >= 0.6 is 12.4 Å². The van der Waals surface area contributed by atoms with Crippen LogP contribution in [0, 0.1) is 0 Å². The first-order chi connectivity index (χ1) is 5.79. The zero-order valence-corrected chi connectivity index (χ0v) is 7.75. The summed E-state index contributed by atoms with van der Waals surface area (Å²) in [6.45, 7) is 0.462. The molecule has 1 aromatic heterocycles. The maximum Gasteiger partial charge on any atom is 0.317 e. The molecule has 1 aromatic rings. The third kappa shape index (κ3) is 5.16. The van der Waals surface area contributed by atoms with Crippen LogP contribution in [0.1, 0.15) is 5.69 Å². The van der Waals surface area contributed by atoms with Crippen molar-refractivity contribution in [2.45, 2.75) is 6.54 Å². The lowest BCUT2D eigenvalue weighted by Crippen LogP contribution is -2.22. The van der Waals surface area contributed by atoms with Crippen molar-refractivity contribution in [2.24, 2.45) is 0 Å². The molecule has 13 heavy (non-hydrogen) atoms. The molecule has 5 heteroatoms. The topological polar surface area (TPSA) is 62.2 Å². The van der Waals surface area contributed by atoms with Gasteiger partial charge in [-0.05, 0) is 12.1 Å². The molecule has 1 heterocycles. The lowest BCUT2D eigenvalue weighted by atomic mass is 10.3. The first-order valence-corrected chi connectivity index (χ1v) is 3.61. The minimum atomic E-state index is -0.856. The molecule has 0 bridgehead atoms. The largest absolute Gasteiger partial charge is 0.480 e. The predicted molar refractivity (Wildman–Crippen MR) is 50.8 cm³/mol. The van der Waals surface area contributed by atoms with Crippen LogP contribution in [0.2, 0.25) is 0 Å². The van der Waals surface area contributed by atoms with Gasteiger partial charge in [0.2, 0.25) is 0 Å². The summed E-state index contributed by atoms with van der Waals surface area (Å²) in [7, 11) is 0. The molecule has 0 spiro atoms. The van der Waals surface area contributed by atoms with E-state index in [4.69, 9.17) is 5.11 Å². The molecule has 0 aliphatic heterocycles. The van der Waals surface area contributed by atoms with Gasteiger partial charge in [-0.3, -0.25) is 9.78 Å². The van der Waals surface area contributed by atoms with Crippen LogP contribution < -0.4 is 5.32 Å². The average Bonchev–Trinajstić information content (AvgIpc) is 2.05. The van der Waals surface area contributed by atoms with Gasteiger partial charge in [0.05, 0.1) is 12.2 Å². The zero-order valence-electron chi connectivity index (χ0n) is 6.93. The number of halogens is 1. The summed E-state index contributed by atoms with van der Waals surface area (Å²) in [5.74, 6) is -0.856. The number of aliphatic carboxylic acids is 1. The third-order valence-corrected chi connectivity index (χ3v) is 1.31. The van der Waals surface area contributed by atoms with Gasteiger partial charge in [0.15, 0.2) is 0 Å². The van der Waals surface area contributed by atoms with Gasteiger partial charge in [0.1, 0.15) is 0 Å². The van der Waals surface area contributed by atoms with E-state index in [1.165, 1.54) is 0 Å². The summed E-state index contributed by atoms with van der Waals surface area (Å²) in [6, 6.07) is 5.53. The second kappa shape index (κ2) is 6.39. The molecule has 0 atom stereocenters. The molecule has 0 amide bonds. The van der Waals surface area contributed by atoms with E-state index >= 15 is 0 Å². The number of nitrogens with one attached hydrogen (secondary N) is 1. The van der Waals surface area contributed by atoms with Crippen molar-refractivity contribution >= 4 is 18.4 Å². The fourth-order valence-electron chi connectivity index (χ4n) is 0.800. The Kier molecular flexibility index (Phi) is 5.84. The summed E-state index contributed by atoms with van der Waals surface area (Å²) in [4.78, 5) is 14.1. The van der Waals surface area contributed by atoms with Crippen molar-refractivity contribution in [1.29, 1.82) is 0 Å². The summed E-state index contributed by atoms with van der Waals surface area (Å²) in [5, 5.41) is 11.0. The number of hydrogen-bond donors (Lipinski definition) is 2. The van der Waals surface area contributed by atoms with Gasteiger partial charge in [-0.15, -0.1) is 12.4 Å². The van der Waals surface area contributed by atoms with Crippen LogP contribution in [0.15, 0.2) is 24.4 Å². The maximum absolute atomic E-state index is 10.1. The molecule has 72 valence electrons. The van der Waals surface area contributed by atoms with E-state index in [0.29, 0.717) is 6.54 Å². The molecular weight excluding hydrogens is 192 g/mol. The van der Waals surface area contributed by atoms with Gasteiger partial charge < -0.3 is 10.4 Å². The molecular formula is C8H11ClN2O2. The SMILES string of the molecule is Cl.O=C(O)CNCc1ccccn1. The van der Waals surface area contributed by atoms with E-state index in [-0.39, 0.29) is 19.0 Å². The smallest absolute Gasteiger partial charge is 0.317 e. The molecule has 1 rings (SSSR count). The third-order valence-electron chi connectivity index (χ3n) is 1.31. The Bertz CT molecular complexity index is 254. The normalized spacial score (nSPS) is 8.92. The Morgan fingerprint density at radius 1 is 1.54 bits per heavy atom. The molecule has 0 radical (unpaired) electrons. The average molecular weight is 203 g/mol. The van der Waals surface area contributed by atoms with Gasteiger partial charge in [-0.2, -0.15) is 0 Å². The predicted octanol–water partition coefficient (Wildman–Crippen LogP) is 0.678. The minimum absolute atomic E-state index is 0.